The SMILES string of the molecule is C=CCCNc1cc(N)ccn1. The Morgan fingerprint density at radius 3 is 3.17 bits per heavy atom. The maximum atomic E-state index is 5.56. The maximum Gasteiger partial charge on any atom is 0.127 e. The van der Waals surface area contributed by atoms with Crippen LogP contribution >= 0.6 is 0 Å². The first-order chi connectivity index (χ1) is 5.83. The summed E-state index contributed by atoms with van der Waals surface area (Å²) in [5.74, 6) is 0.817. The second kappa shape index (κ2) is 4.38. The number of pyridine rings is 1. The molecule has 0 radical (unpaired) electrons. The molecular formula is C9H13N3. The maximum absolute atomic E-state index is 5.56. The second-order valence-corrected chi connectivity index (χ2v) is 2.48. The minimum atomic E-state index is 0.728. The Hall–Kier alpha value is -1.51. The van der Waals surface area contributed by atoms with Crippen molar-refractivity contribution in [3.05, 3.63) is 31.0 Å². The van der Waals surface area contributed by atoms with Gasteiger partial charge in [0, 0.05) is 24.5 Å². The highest BCUT2D eigenvalue weighted by Gasteiger charge is 1.91. The molecule has 0 fully saturated rings. The molecule has 0 saturated carbocycles. The van der Waals surface area contributed by atoms with Gasteiger partial charge in [-0.15, -0.1) is 6.58 Å². The number of nitrogens with one attached hydrogen (secondary N) is 1. The van der Waals surface area contributed by atoms with Gasteiger partial charge < -0.3 is 11.1 Å². The van der Waals surface area contributed by atoms with E-state index in [-0.39, 0.29) is 0 Å². The fourth-order valence-corrected chi connectivity index (χ4v) is 0.846. The lowest BCUT2D eigenvalue weighted by Crippen LogP contribution is -2.02. The quantitative estimate of drug-likeness (QED) is 0.524. The van der Waals surface area contributed by atoms with E-state index in [1.807, 2.05) is 12.1 Å². The van der Waals surface area contributed by atoms with Crippen molar-refractivity contribution in [1.29, 1.82) is 0 Å². The van der Waals surface area contributed by atoms with Gasteiger partial charge in [-0.1, -0.05) is 6.08 Å². The Kier molecular flexibility index (Phi) is 3.14. The van der Waals surface area contributed by atoms with Gasteiger partial charge in [0.1, 0.15) is 5.82 Å². The van der Waals surface area contributed by atoms with Crippen molar-refractivity contribution in [3.63, 3.8) is 0 Å². The van der Waals surface area contributed by atoms with Gasteiger partial charge in [0.25, 0.3) is 0 Å². The van der Waals surface area contributed by atoms with Crippen LogP contribution in [0.15, 0.2) is 31.0 Å². The highest BCUT2D eigenvalue weighted by atomic mass is 15.0. The first-order valence-corrected chi connectivity index (χ1v) is 3.89. The van der Waals surface area contributed by atoms with E-state index in [0.717, 1.165) is 24.5 Å². The summed E-state index contributed by atoms with van der Waals surface area (Å²) in [5, 5.41) is 3.12. The lowest BCUT2D eigenvalue weighted by Gasteiger charge is -2.03. The predicted molar refractivity (Wildman–Crippen MR) is 52.0 cm³/mol. The van der Waals surface area contributed by atoms with E-state index in [1.165, 1.54) is 0 Å². The van der Waals surface area contributed by atoms with Crippen molar-refractivity contribution in [3.8, 4) is 0 Å². The lowest BCUT2D eigenvalue weighted by molar-refractivity contribution is 1.05. The van der Waals surface area contributed by atoms with Crippen LogP contribution in [0.5, 0.6) is 0 Å². The van der Waals surface area contributed by atoms with Gasteiger partial charge in [-0.2, -0.15) is 0 Å². The van der Waals surface area contributed by atoms with E-state index in [2.05, 4.69) is 16.9 Å². The summed E-state index contributed by atoms with van der Waals surface area (Å²) in [7, 11) is 0. The number of nitrogens with zero attached hydrogens (tertiary/aromatic N) is 1. The van der Waals surface area contributed by atoms with E-state index in [1.54, 1.807) is 12.3 Å². The van der Waals surface area contributed by atoms with Crippen LogP contribution in [0.25, 0.3) is 0 Å². The van der Waals surface area contributed by atoms with Crippen LogP contribution in [0.4, 0.5) is 11.5 Å². The van der Waals surface area contributed by atoms with Gasteiger partial charge in [0.05, 0.1) is 0 Å². The molecule has 12 heavy (non-hydrogen) atoms. The van der Waals surface area contributed by atoms with Gasteiger partial charge in [-0.25, -0.2) is 4.98 Å². The summed E-state index contributed by atoms with van der Waals surface area (Å²) >= 11 is 0. The zero-order chi connectivity index (χ0) is 8.81. The normalized spacial score (nSPS) is 9.33. The molecular weight excluding hydrogens is 150 g/mol. The van der Waals surface area contributed by atoms with Gasteiger partial charge in [-0.3, -0.25) is 0 Å². The Bertz CT molecular complexity index is 258. The predicted octanol–water partition coefficient (Wildman–Crippen LogP) is 1.65. The molecule has 3 heteroatoms. The van der Waals surface area contributed by atoms with E-state index in [4.69, 9.17) is 5.73 Å². The van der Waals surface area contributed by atoms with Gasteiger partial charge >= 0.3 is 0 Å². The van der Waals surface area contributed by atoms with Crippen LogP contribution in [-0.2, 0) is 0 Å². The summed E-state index contributed by atoms with van der Waals surface area (Å²) < 4.78 is 0. The molecule has 3 N–H and O–H groups in total. The summed E-state index contributed by atoms with van der Waals surface area (Å²) in [4.78, 5) is 4.09. The first-order valence-electron chi connectivity index (χ1n) is 3.89. The first kappa shape index (κ1) is 8.59. The monoisotopic (exact) mass is 163 g/mol. The number of hydrogen-bond acceptors (Lipinski definition) is 3. The van der Waals surface area contributed by atoms with Crippen molar-refractivity contribution in [2.45, 2.75) is 6.42 Å². The minimum absolute atomic E-state index is 0.728. The van der Waals surface area contributed by atoms with Crippen molar-refractivity contribution in [2.75, 3.05) is 17.6 Å². The van der Waals surface area contributed by atoms with Crippen molar-refractivity contribution < 1.29 is 0 Å². The molecule has 0 aliphatic carbocycles. The molecule has 1 aromatic heterocycles. The Balaban J connectivity index is 2.46. The summed E-state index contributed by atoms with van der Waals surface area (Å²) in [6, 6.07) is 3.57. The molecule has 0 bridgehead atoms. The molecule has 0 aliphatic rings. The third-order valence-electron chi connectivity index (χ3n) is 1.44. The average Bonchev–Trinajstić information content (AvgIpc) is 2.05. The highest BCUT2D eigenvalue weighted by Crippen LogP contribution is 2.07. The summed E-state index contributed by atoms with van der Waals surface area (Å²) in [6.07, 6.45) is 4.47. The average molecular weight is 163 g/mol. The van der Waals surface area contributed by atoms with Crippen LogP contribution in [-0.4, -0.2) is 11.5 Å². The van der Waals surface area contributed by atoms with Gasteiger partial charge in [-0.05, 0) is 12.5 Å². The second-order valence-electron chi connectivity index (χ2n) is 2.48. The zero-order valence-corrected chi connectivity index (χ0v) is 6.96. The number of nitrogen functional groups attached to an aromatic ring is 1. The van der Waals surface area contributed by atoms with Crippen molar-refractivity contribution in [2.24, 2.45) is 0 Å². The fourth-order valence-electron chi connectivity index (χ4n) is 0.846. The topological polar surface area (TPSA) is 50.9 Å². The van der Waals surface area contributed by atoms with Gasteiger partial charge in [0.15, 0.2) is 0 Å². The third-order valence-corrected chi connectivity index (χ3v) is 1.44. The molecule has 3 nitrogen and oxygen atoms in total. The van der Waals surface area contributed by atoms with Crippen molar-refractivity contribution in [1.82, 2.24) is 4.98 Å². The zero-order valence-electron chi connectivity index (χ0n) is 6.96. The number of aromatic nitrogens is 1. The molecule has 0 aliphatic heterocycles. The van der Waals surface area contributed by atoms with Crippen LogP contribution < -0.4 is 11.1 Å². The standard InChI is InChI=1S/C9H13N3/c1-2-3-5-11-9-7-8(10)4-6-12-9/h2,4,6-7H,1,3,5H2,(H3,10,11,12). The number of hydrogen-bond donors (Lipinski definition) is 2. The van der Waals surface area contributed by atoms with Crippen LogP contribution in [0.1, 0.15) is 6.42 Å². The minimum Gasteiger partial charge on any atom is -0.399 e. The Labute approximate surface area is 72.3 Å². The van der Waals surface area contributed by atoms with E-state index in [0.29, 0.717) is 0 Å². The Morgan fingerprint density at radius 1 is 1.67 bits per heavy atom. The largest absolute Gasteiger partial charge is 0.399 e. The molecule has 0 unspecified atom stereocenters. The molecule has 64 valence electrons. The number of rotatable bonds is 4. The third kappa shape index (κ3) is 2.62. The lowest BCUT2D eigenvalue weighted by atomic mass is 10.4. The molecule has 0 amide bonds. The van der Waals surface area contributed by atoms with Gasteiger partial charge in [0.2, 0.25) is 0 Å². The van der Waals surface area contributed by atoms with E-state index >= 15 is 0 Å². The summed E-state index contributed by atoms with van der Waals surface area (Å²) in [5.41, 5.74) is 6.29. The van der Waals surface area contributed by atoms with Crippen LogP contribution in [0.3, 0.4) is 0 Å². The van der Waals surface area contributed by atoms with Crippen molar-refractivity contribution >= 4 is 11.5 Å². The fraction of sp³-hybridized carbons (Fsp3) is 0.222. The molecule has 1 rings (SSSR count). The Morgan fingerprint density at radius 2 is 2.50 bits per heavy atom. The molecule has 0 saturated heterocycles. The van der Waals surface area contributed by atoms with Crippen LogP contribution in [0, 0.1) is 0 Å². The number of nitrogens with two attached hydrogens (primary N) is 1. The van der Waals surface area contributed by atoms with Crippen LogP contribution in [0.2, 0.25) is 0 Å². The molecule has 1 heterocycles. The molecule has 1 aromatic rings. The molecule has 0 aromatic carbocycles. The van der Waals surface area contributed by atoms with E-state index < -0.39 is 0 Å². The highest BCUT2D eigenvalue weighted by molar-refractivity contribution is 5.48. The molecule has 0 spiro atoms. The smallest absolute Gasteiger partial charge is 0.127 e. The van der Waals surface area contributed by atoms with E-state index in [9.17, 15) is 0 Å². The summed E-state index contributed by atoms with van der Waals surface area (Å²) in [6.45, 7) is 4.47. The molecule has 0 atom stereocenters. The number of anilines is 2.